The van der Waals surface area contributed by atoms with Crippen molar-refractivity contribution in [3.05, 3.63) is 30.1 Å². The molecule has 0 saturated carbocycles. The van der Waals surface area contributed by atoms with Crippen LogP contribution in [0.25, 0.3) is 0 Å². The van der Waals surface area contributed by atoms with E-state index in [2.05, 4.69) is 10.3 Å². The predicted molar refractivity (Wildman–Crippen MR) is 64.6 cm³/mol. The number of hydrogen-bond donors (Lipinski definition) is 1. The van der Waals surface area contributed by atoms with Crippen LogP contribution in [0.3, 0.4) is 0 Å². The molecule has 2 heterocycles. The molecule has 0 aliphatic carbocycles. The summed E-state index contributed by atoms with van der Waals surface area (Å²) in [5, 5.41) is 3.25. The zero-order chi connectivity index (χ0) is 14.3. The minimum absolute atomic E-state index is 0.172. The zero-order valence-electron chi connectivity index (χ0n) is 10.1. The molecule has 8 heteroatoms. The highest BCUT2D eigenvalue weighted by atomic mass is 32.3. The van der Waals surface area contributed by atoms with E-state index in [4.69, 9.17) is 17.5 Å². The van der Waals surface area contributed by atoms with E-state index in [0.29, 0.717) is 5.69 Å². The third-order valence-electron chi connectivity index (χ3n) is 2.63. The summed E-state index contributed by atoms with van der Waals surface area (Å²) in [5.41, 5.74) is 0.611. The number of aromatic nitrogens is 1. The summed E-state index contributed by atoms with van der Waals surface area (Å²) in [6.45, 7) is 1.90. The minimum Gasteiger partial charge on any atom is -0.759 e. The largest absolute Gasteiger partial charge is 0.759 e. The number of rotatable bonds is 2. The average Bonchev–Trinajstić information content (AvgIpc) is 2.38. The minimum atomic E-state index is -5.17. The first-order valence-electron chi connectivity index (χ1n) is 5.70. The van der Waals surface area contributed by atoms with Gasteiger partial charge < -0.3 is 14.4 Å². The fourth-order valence-electron chi connectivity index (χ4n) is 1.80. The number of nitrogens with zero attached hydrogens (tertiary/aromatic N) is 1. The normalized spacial score (nSPS) is 16.3. The maximum Gasteiger partial charge on any atom is 0.184 e. The second kappa shape index (κ2) is 7.29. The second-order valence-corrected chi connectivity index (χ2v) is 4.83. The van der Waals surface area contributed by atoms with Crippen molar-refractivity contribution in [1.29, 1.82) is 0 Å². The van der Waals surface area contributed by atoms with Crippen molar-refractivity contribution in [2.75, 3.05) is 13.1 Å². The highest BCUT2D eigenvalue weighted by Crippen LogP contribution is 2.16. The lowest BCUT2D eigenvalue weighted by atomic mass is 9.92. The van der Waals surface area contributed by atoms with Crippen LogP contribution in [0.15, 0.2) is 24.4 Å². The Labute approximate surface area is 111 Å². The first-order valence-corrected chi connectivity index (χ1v) is 7.04. The van der Waals surface area contributed by atoms with Crippen LogP contribution in [0.1, 0.15) is 23.3 Å². The van der Waals surface area contributed by atoms with Gasteiger partial charge in [0.05, 0.1) is 0 Å². The Balaban J connectivity index is 0.000000312. The number of carbonyl (C=O) groups excluding carboxylic acids is 1. The Kier molecular flexibility index (Phi) is 6.03. The lowest BCUT2D eigenvalue weighted by molar-refractivity contribution is 0.0890. The van der Waals surface area contributed by atoms with Crippen LogP contribution in [0.4, 0.5) is 0 Å². The summed E-state index contributed by atoms with van der Waals surface area (Å²) in [7, 11) is -5.17. The maximum atomic E-state index is 11.9. The van der Waals surface area contributed by atoms with Gasteiger partial charge in [0.2, 0.25) is 0 Å². The van der Waals surface area contributed by atoms with E-state index in [1.165, 1.54) is 0 Å². The number of piperidine rings is 1. The molecule has 1 aliphatic heterocycles. The van der Waals surface area contributed by atoms with Crippen LogP contribution >= 0.6 is 0 Å². The van der Waals surface area contributed by atoms with Crippen molar-refractivity contribution in [1.82, 2.24) is 10.3 Å². The first-order chi connectivity index (χ1) is 8.88. The van der Waals surface area contributed by atoms with Gasteiger partial charge in [-0.25, -0.2) is 0 Å². The van der Waals surface area contributed by atoms with Crippen LogP contribution in [-0.4, -0.2) is 41.4 Å². The van der Waals surface area contributed by atoms with Crippen molar-refractivity contribution in [2.24, 2.45) is 5.92 Å². The Morgan fingerprint density at radius 3 is 2.32 bits per heavy atom. The number of nitrogens with one attached hydrogen (secondary N) is 1. The summed E-state index contributed by atoms with van der Waals surface area (Å²) in [5.74, 6) is 0.373. The summed E-state index contributed by atoms with van der Waals surface area (Å²) in [6.07, 6.45) is 3.55. The van der Waals surface area contributed by atoms with Crippen LogP contribution in [-0.2, 0) is 10.4 Å². The number of carbonyl (C=O) groups is 1. The molecule has 1 fully saturated rings. The van der Waals surface area contributed by atoms with Crippen molar-refractivity contribution < 1.29 is 22.3 Å². The van der Waals surface area contributed by atoms with E-state index < -0.39 is 10.4 Å². The molecule has 1 aromatic rings. The second-order valence-electron chi connectivity index (χ2n) is 4.01. The van der Waals surface area contributed by atoms with Crippen molar-refractivity contribution in [2.45, 2.75) is 12.8 Å². The van der Waals surface area contributed by atoms with Crippen LogP contribution in [0.5, 0.6) is 0 Å². The van der Waals surface area contributed by atoms with E-state index in [1.807, 2.05) is 12.1 Å². The van der Waals surface area contributed by atoms with E-state index >= 15 is 0 Å². The summed E-state index contributed by atoms with van der Waals surface area (Å²) >= 11 is 0. The number of hydrogen-bond acceptors (Lipinski definition) is 7. The molecule has 1 N–H and O–H groups in total. The van der Waals surface area contributed by atoms with Gasteiger partial charge in [0.1, 0.15) is 5.69 Å². The molecule has 0 atom stereocenters. The van der Waals surface area contributed by atoms with E-state index in [9.17, 15) is 4.79 Å². The van der Waals surface area contributed by atoms with Crippen LogP contribution < -0.4 is 5.32 Å². The standard InChI is InChI=1S/C11H14N2O.H2O4S/c14-11(9-4-7-12-8-5-9)10-3-1-2-6-13-10;1-5(2,3)4/h1-3,6,9,12H,4-5,7-8H2;(H2,1,2,3,4)/p-2. The van der Waals surface area contributed by atoms with E-state index in [1.54, 1.807) is 12.3 Å². The smallest absolute Gasteiger partial charge is 0.184 e. The summed E-state index contributed by atoms with van der Waals surface area (Å²) < 4.78 is 34.1. The Hall–Kier alpha value is -1.35. The molecule has 106 valence electrons. The molecule has 1 aliphatic rings. The molecule has 19 heavy (non-hydrogen) atoms. The molecule has 0 spiro atoms. The molecule has 0 bridgehead atoms. The van der Waals surface area contributed by atoms with Gasteiger partial charge in [-0.1, -0.05) is 6.07 Å². The molecule has 1 saturated heterocycles. The van der Waals surface area contributed by atoms with Gasteiger partial charge in [-0.3, -0.25) is 18.2 Å². The van der Waals surface area contributed by atoms with Gasteiger partial charge in [-0.15, -0.1) is 0 Å². The third-order valence-corrected chi connectivity index (χ3v) is 2.63. The number of Topliss-reactive ketones (excluding diaryl/α,β-unsaturated/α-hetero) is 1. The highest BCUT2D eigenvalue weighted by Gasteiger charge is 2.22. The van der Waals surface area contributed by atoms with Crippen LogP contribution in [0.2, 0.25) is 0 Å². The van der Waals surface area contributed by atoms with E-state index in [0.717, 1.165) is 25.9 Å². The first kappa shape index (κ1) is 15.7. The molecular weight excluding hydrogens is 272 g/mol. The van der Waals surface area contributed by atoms with Crippen molar-refractivity contribution in [3.8, 4) is 0 Å². The van der Waals surface area contributed by atoms with Crippen LogP contribution in [0, 0.1) is 5.92 Å². The average molecular weight is 286 g/mol. The third kappa shape index (κ3) is 6.97. The SMILES string of the molecule is O=C(c1ccccn1)C1CCNCC1.O=S(=O)([O-])[O-]. The van der Waals surface area contributed by atoms with Gasteiger partial charge in [-0.2, -0.15) is 0 Å². The fraction of sp³-hybridized carbons (Fsp3) is 0.455. The molecule has 0 radical (unpaired) electrons. The lowest BCUT2D eigenvalue weighted by Gasteiger charge is -2.20. The molecule has 1 aromatic heterocycles. The maximum absolute atomic E-state index is 11.9. The van der Waals surface area contributed by atoms with Gasteiger partial charge >= 0.3 is 0 Å². The van der Waals surface area contributed by atoms with Gasteiger partial charge in [0, 0.05) is 22.5 Å². The zero-order valence-corrected chi connectivity index (χ0v) is 10.9. The summed E-state index contributed by atoms with van der Waals surface area (Å²) in [6, 6.07) is 5.49. The van der Waals surface area contributed by atoms with Crippen molar-refractivity contribution in [3.63, 3.8) is 0 Å². The Morgan fingerprint density at radius 2 is 1.84 bits per heavy atom. The fourth-order valence-corrected chi connectivity index (χ4v) is 1.80. The monoisotopic (exact) mass is 286 g/mol. The molecule has 7 nitrogen and oxygen atoms in total. The molecule has 0 unspecified atom stereocenters. The molecule has 2 rings (SSSR count). The number of pyridine rings is 1. The molecule has 0 aromatic carbocycles. The van der Waals surface area contributed by atoms with Gasteiger partial charge in [-0.05, 0) is 38.1 Å². The predicted octanol–water partition coefficient (Wildman–Crippen LogP) is -0.0741. The Bertz CT molecular complexity index is 489. The summed E-state index contributed by atoms with van der Waals surface area (Å²) in [4.78, 5) is 16.0. The van der Waals surface area contributed by atoms with Gasteiger partial charge in [0.15, 0.2) is 5.78 Å². The number of ketones is 1. The molecule has 0 amide bonds. The topological polar surface area (TPSA) is 122 Å². The molecular formula is C11H14N2O5S-2. The van der Waals surface area contributed by atoms with Crippen molar-refractivity contribution >= 4 is 16.2 Å². The quantitative estimate of drug-likeness (QED) is 0.458. The lowest BCUT2D eigenvalue weighted by Crippen LogP contribution is -2.32. The Morgan fingerprint density at radius 1 is 1.26 bits per heavy atom. The highest BCUT2D eigenvalue weighted by molar-refractivity contribution is 7.79. The van der Waals surface area contributed by atoms with Gasteiger partial charge in [0.25, 0.3) is 0 Å². The van der Waals surface area contributed by atoms with E-state index in [-0.39, 0.29) is 11.7 Å².